The third-order valence-electron chi connectivity index (χ3n) is 6.28. The molecule has 158 valence electrons. The second-order valence-electron chi connectivity index (χ2n) is 9.47. The molecule has 1 aromatic carbocycles. The van der Waals surface area contributed by atoms with Crippen LogP contribution in [0.2, 0.25) is 0 Å². The van der Waals surface area contributed by atoms with Crippen molar-refractivity contribution in [3.63, 3.8) is 0 Å². The van der Waals surface area contributed by atoms with Crippen LogP contribution in [0.3, 0.4) is 0 Å². The van der Waals surface area contributed by atoms with Crippen molar-refractivity contribution >= 4 is 5.91 Å². The number of benzene rings is 1. The highest BCUT2D eigenvalue weighted by atomic mass is 19.1. The van der Waals surface area contributed by atoms with Crippen molar-refractivity contribution < 1.29 is 9.18 Å². The number of hydrogen-bond donors (Lipinski definition) is 0. The molecule has 2 rings (SSSR count). The Balaban J connectivity index is 2.25. The van der Waals surface area contributed by atoms with E-state index in [1.807, 2.05) is 12.1 Å². The lowest BCUT2D eigenvalue weighted by Crippen LogP contribution is -2.42. The topological polar surface area (TPSA) is 23.6 Å². The lowest BCUT2D eigenvalue weighted by atomic mass is 9.87. The second kappa shape index (κ2) is 9.87. The van der Waals surface area contributed by atoms with Crippen LogP contribution in [0, 0.1) is 17.7 Å². The Labute approximate surface area is 171 Å². The molecule has 1 fully saturated rings. The van der Waals surface area contributed by atoms with Crippen molar-refractivity contribution in [1.82, 2.24) is 9.80 Å². The van der Waals surface area contributed by atoms with Crippen LogP contribution in [0.15, 0.2) is 24.3 Å². The Bertz CT molecular complexity index is 622. The van der Waals surface area contributed by atoms with Gasteiger partial charge >= 0.3 is 0 Å². The Kier molecular flexibility index (Phi) is 8.06. The van der Waals surface area contributed by atoms with Crippen molar-refractivity contribution in [2.24, 2.45) is 11.8 Å². The van der Waals surface area contributed by atoms with Gasteiger partial charge in [-0.3, -0.25) is 9.69 Å². The number of nitrogens with zero attached hydrogens (tertiary/aromatic N) is 2. The third kappa shape index (κ3) is 5.79. The number of amides is 1. The van der Waals surface area contributed by atoms with Crippen LogP contribution >= 0.6 is 0 Å². The maximum Gasteiger partial charge on any atom is 0.227 e. The van der Waals surface area contributed by atoms with E-state index in [1.165, 1.54) is 12.1 Å². The van der Waals surface area contributed by atoms with Gasteiger partial charge in [0.1, 0.15) is 5.82 Å². The van der Waals surface area contributed by atoms with Crippen LogP contribution in [-0.2, 0) is 4.79 Å². The van der Waals surface area contributed by atoms with Gasteiger partial charge in [-0.1, -0.05) is 39.3 Å². The summed E-state index contributed by atoms with van der Waals surface area (Å²) in [6.45, 7) is 16.5. The molecule has 4 heteroatoms. The zero-order valence-electron chi connectivity index (χ0n) is 18.7. The Morgan fingerprint density at radius 3 is 2.36 bits per heavy atom. The first-order valence-electron chi connectivity index (χ1n) is 11.0. The minimum absolute atomic E-state index is 0.0135. The summed E-state index contributed by atoms with van der Waals surface area (Å²) in [6, 6.07) is 6.75. The predicted molar refractivity (Wildman–Crippen MR) is 115 cm³/mol. The van der Waals surface area contributed by atoms with Crippen LogP contribution in [0.4, 0.5) is 4.39 Å². The molecular formula is C24H39FN2O. The third-order valence-corrected chi connectivity index (χ3v) is 6.28. The summed E-state index contributed by atoms with van der Waals surface area (Å²) >= 11 is 0. The summed E-state index contributed by atoms with van der Waals surface area (Å²) < 4.78 is 13.4. The molecule has 1 aliphatic heterocycles. The maximum absolute atomic E-state index is 13.6. The van der Waals surface area contributed by atoms with Crippen molar-refractivity contribution in [2.45, 2.75) is 72.3 Å². The Morgan fingerprint density at radius 1 is 1.18 bits per heavy atom. The zero-order valence-corrected chi connectivity index (χ0v) is 18.7. The molecule has 1 saturated heterocycles. The normalized spacial score (nSPS) is 21.7. The summed E-state index contributed by atoms with van der Waals surface area (Å²) in [6.07, 6.45) is 3.18. The van der Waals surface area contributed by atoms with Gasteiger partial charge in [-0.15, -0.1) is 0 Å². The molecule has 3 atom stereocenters. The first-order chi connectivity index (χ1) is 13.2. The number of carbonyl (C=O) groups is 1. The maximum atomic E-state index is 13.6. The van der Waals surface area contributed by atoms with Crippen molar-refractivity contribution in [3.8, 4) is 0 Å². The molecule has 1 amide bonds. The summed E-state index contributed by atoms with van der Waals surface area (Å²) in [5, 5.41) is 0. The van der Waals surface area contributed by atoms with Gasteiger partial charge in [-0.2, -0.15) is 0 Å². The fourth-order valence-electron chi connectivity index (χ4n) is 4.07. The van der Waals surface area contributed by atoms with E-state index in [1.54, 1.807) is 0 Å². The van der Waals surface area contributed by atoms with Gasteiger partial charge in [0.05, 0.1) is 5.92 Å². The molecule has 2 unspecified atom stereocenters. The van der Waals surface area contributed by atoms with E-state index in [-0.39, 0.29) is 29.1 Å². The number of rotatable bonds is 8. The van der Waals surface area contributed by atoms with Crippen LogP contribution in [-0.4, -0.2) is 47.4 Å². The van der Waals surface area contributed by atoms with E-state index in [4.69, 9.17) is 0 Å². The Hall–Kier alpha value is -1.42. The largest absolute Gasteiger partial charge is 0.342 e. The summed E-state index contributed by atoms with van der Waals surface area (Å²) in [4.78, 5) is 18.1. The fraction of sp³-hybridized carbons (Fsp3) is 0.708. The molecule has 1 aromatic rings. The van der Waals surface area contributed by atoms with Crippen LogP contribution in [0.5, 0.6) is 0 Å². The summed E-state index contributed by atoms with van der Waals surface area (Å²) in [5.74, 6) is 0.739. The highest BCUT2D eigenvalue weighted by molar-refractivity contribution is 5.80. The van der Waals surface area contributed by atoms with E-state index in [2.05, 4.69) is 51.3 Å². The highest BCUT2D eigenvalue weighted by Gasteiger charge is 2.43. The van der Waals surface area contributed by atoms with Gasteiger partial charge in [-0.25, -0.2) is 4.39 Å². The lowest BCUT2D eigenvalue weighted by Gasteiger charge is -2.32. The van der Waals surface area contributed by atoms with Gasteiger partial charge in [0.2, 0.25) is 5.91 Å². The molecule has 1 heterocycles. The monoisotopic (exact) mass is 390 g/mol. The molecule has 28 heavy (non-hydrogen) atoms. The summed E-state index contributed by atoms with van der Waals surface area (Å²) in [7, 11) is 0. The number of halogens is 1. The van der Waals surface area contributed by atoms with Gasteiger partial charge in [0, 0.05) is 37.6 Å². The SMILES string of the molecule is CCCN(CC[C@H](C)CC)C(=O)C1CN(C(C)(C)C)CC1c1ccc(F)cc1. The molecule has 0 bridgehead atoms. The number of carbonyl (C=O) groups excluding carboxylic acids is 1. The van der Waals surface area contributed by atoms with Crippen LogP contribution in [0.1, 0.15) is 72.3 Å². The number of hydrogen-bond acceptors (Lipinski definition) is 2. The van der Waals surface area contributed by atoms with Crippen molar-refractivity contribution in [1.29, 1.82) is 0 Å². The predicted octanol–water partition coefficient (Wildman–Crippen LogP) is 5.31. The molecule has 0 N–H and O–H groups in total. The second-order valence-corrected chi connectivity index (χ2v) is 9.47. The zero-order chi connectivity index (χ0) is 20.9. The van der Waals surface area contributed by atoms with Crippen LogP contribution in [0.25, 0.3) is 0 Å². The fourth-order valence-corrected chi connectivity index (χ4v) is 4.07. The van der Waals surface area contributed by atoms with E-state index < -0.39 is 0 Å². The van der Waals surface area contributed by atoms with E-state index >= 15 is 0 Å². The molecule has 1 aliphatic rings. The highest BCUT2D eigenvalue weighted by Crippen LogP contribution is 2.37. The standard InChI is InChI=1S/C24H39FN2O/c1-7-14-26(15-13-18(3)8-2)23(28)22-17-27(24(4,5)6)16-21(22)19-9-11-20(25)12-10-19/h9-12,18,21-22H,7-8,13-17H2,1-6H3/t18-,21?,22?/m1/s1. The molecule has 3 nitrogen and oxygen atoms in total. The molecule has 0 aliphatic carbocycles. The number of likely N-dealkylation sites (tertiary alicyclic amines) is 1. The molecule has 0 aromatic heterocycles. The minimum Gasteiger partial charge on any atom is -0.342 e. The van der Waals surface area contributed by atoms with Crippen molar-refractivity contribution in [3.05, 3.63) is 35.6 Å². The van der Waals surface area contributed by atoms with Gasteiger partial charge in [0.25, 0.3) is 0 Å². The molecule has 0 saturated carbocycles. The van der Waals surface area contributed by atoms with Crippen molar-refractivity contribution in [2.75, 3.05) is 26.2 Å². The van der Waals surface area contributed by atoms with Crippen LogP contribution < -0.4 is 0 Å². The molecular weight excluding hydrogens is 351 g/mol. The minimum atomic E-state index is -0.224. The first kappa shape index (κ1) is 22.9. The van der Waals surface area contributed by atoms with E-state index in [0.717, 1.165) is 51.0 Å². The molecule has 0 radical (unpaired) electrons. The smallest absolute Gasteiger partial charge is 0.227 e. The lowest BCUT2D eigenvalue weighted by molar-refractivity contribution is -0.135. The van der Waals surface area contributed by atoms with E-state index in [9.17, 15) is 9.18 Å². The van der Waals surface area contributed by atoms with Gasteiger partial charge < -0.3 is 4.90 Å². The summed E-state index contributed by atoms with van der Waals surface area (Å²) in [5.41, 5.74) is 1.09. The quantitative estimate of drug-likeness (QED) is 0.600. The average molecular weight is 391 g/mol. The van der Waals surface area contributed by atoms with Gasteiger partial charge in [-0.05, 0) is 57.2 Å². The first-order valence-corrected chi connectivity index (χ1v) is 11.0. The average Bonchev–Trinajstić information content (AvgIpc) is 3.10. The molecule has 0 spiro atoms. The van der Waals surface area contributed by atoms with Gasteiger partial charge in [0.15, 0.2) is 0 Å². The Morgan fingerprint density at radius 2 is 1.82 bits per heavy atom. The van der Waals surface area contributed by atoms with E-state index in [0.29, 0.717) is 5.92 Å².